The number of rotatable bonds is 9. The number of nitro groups is 1. The standard InChI is InChI=1S/C19H29N3O2/c1-3-8-16(4-2)18-15-17(22(23)24)9-10-19(18)20-11-7-14-21-12-5-6-13-21/h4,9-10,15,20H,3,5-8,11-14H2,1-2H3/b16-4+. The van der Waals surface area contributed by atoms with E-state index in [0.29, 0.717) is 0 Å². The van der Waals surface area contributed by atoms with Crippen LogP contribution >= 0.6 is 0 Å². The Labute approximate surface area is 144 Å². The molecule has 1 fully saturated rings. The number of non-ortho nitro benzene ring substituents is 1. The van der Waals surface area contributed by atoms with Crippen LogP contribution in [0.3, 0.4) is 0 Å². The molecule has 1 N–H and O–H groups in total. The molecule has 0 unspecified atom stereocenters. The highest BCUT2D eigenvalue weighted by Crippen LogP contribution is 2.31. The van der Waals surface area contributed by atoms with E-state index in [1.165, 1.54) is 31.5 Å². The van der Waals surface area contributed by atoms with Gasteiger partial charge < -0.3 is 10.2 Å². The van der Waals surface area contributed by atoms with Gasteiger partial charge in [-0.2, -0.15) is 0 Å². The van der Waals surface area contributed by atoms with Crippen LogP contribution in [0, 0.1) is 10.1 Å². The number of nitrogens with one attached hydrogen (secondary N) is 1. The van der Waals surface area contributed by atoms with E-state index in [0.717, 1.165) is 43.6 Å². The van der Waals surface area contributed by atoms with E-state index in [1.807, 2.05) is 13.0 Å². The van der Waals surface area contributed by atoms with Gasteiger partial charge in [0.2, 0.25) is 0 Å². The van der Waals surface area contributed by atoms with Gasteiger partial charge in [0.1, 0.15) is 0 Å². The fourth-order valence-corrected chi connectivity index (χ4v) is 3.30. The molecule has 0 amide bonds. The summed E-state index contributed by atoms with van der Waals surface area (Å²) in [4.78, 5) is 13.3. The second kappa shape index (κ2) is 9.42. The molecule has 0 radical (unpaired) electrons. The first-order chi connectivity index (χ1) is 11.7. The minimum Gasteiger partial charge on any atom is -0.384 e. The summed E-state index contributed by atoms with van der Waals surface area (Å²) < 4.78 is 0. The van der Waals surface area contributed by atoms with Gasteiger partial charge in [-0.05, 0) is 63.9 Å². The van der Waals surface area contributed by atoms with Crippen LogP contribution in [-0.4, -0.2) is 36.0 Å². The highest BCUT2D eigenvalue weighted by Gasteiger charge is 2.14. The average molecular weight is 331 g/mol. The van der Waals surface area contributed by atoms with Crippen molar-refractivity contribution in [2.45, 2.75) is 46.0 Å². The van der Waals surface area contributed by atoms with E-state index in [1.54, 1.807) is 12.1 Å². The molecule has 0 saturated carbocycles. The van der Waals surface area contributed by atoms with Crippen molar-refractivity contribution in [1.29, 1.82) is 0 Å². The van der Waals surface area contributed by atoms with Gasteiger partial charge in [-0.25, -0.2) is 0 Å². The molecule has 0 bridgehead atoms. The molecule has 1 aliphatic rings. The summed E-state index contributed by atoms with van der Waals surface area (Å²) in [6.07, 6.45) is 7.76. The third-order valence-corrected chi connectivity index (χ3v) is 4.59. The maximum Gasteiger partial charge on any atom is 0.270 e. The minimum atomic E-state index is -0.320. The smallest absolute Gasteiger partial charge is 0.270 e. The number of likely N-dealkylation sites (tertiary alicyclic amines) is 1. The maximum atomic E-state index is 11.1. The lowest BCUT2D eigenvalue weighted by atomic mass is 9.98. The lowest BCUT2D eigenvalue weighted by molar-refractivity contribution is -0.384. The van der Waals surface area contributed by atoms with Crippen LogP contribution in [0.1, 0.15) is 51.5 Å². The zero-order valence-electron chi connectivity index (χ0n) is 14.9. The van der Waals surface area contributed by atoms with Gasteiger partial charge >= 0.3 is 0 Å². The number of nitro benzene ring substituents is 1. The number of anilines is 1. The molecule has 2 rings (SSSR count). The molecule has 0 aromatic heterocycles. The molecular weight excluding hydrogens is 302 g/mol. The summed E-state index contributed by atoms with van der Waals surface area (Å²) in [7, 11) is 0. The Kier molecular flexibility index (Phi) is 7.25. The van der Waals surface area contributed by atoms with E-state index in [2.05, 4.69) is 23.2 Å². The molecule has 1 aromatic rings. The average Bonchev–Trinajstić information content (AvgIpc) is 3.10. The topological polar surface area (TPSA) is 58.4 Å². The summed E-state index contributed by atoms with van der Waals surface area (Å²) in [5.74, 6) is 0. The van der Waals surface area contributed by atoms with E-state index in [9.17, 15) is 10.1 Å². The molecule has 132 valence electrons. The molecule has 0 aliphatic carbocycles. The van der Waals surface area contributed by atoms with E-state index >= 15 is 0 Å². The van der Waals surface area contributed by atoms with Crippen LogP contribution in [0.25, 0.3) is 5.57 Å². The summed E-state index contributed by atoms with van der Waals surface area (Å²) in [5, 5.41) is 14.6. The third kappa shape index (κ3) is 5.06. The van der Waals surface area contributed by atoms with Gasteiger partial charge in [0, 0.05) is 29.9 Å². The zero-order chi connectivity index (χ0) is 17.4. The molecule has 1 aromatic carbocycles. The van der Waals surface area contributed by atoms with E-state index in [4.69, 9.17) is 0 Å². The lowest BCUT2D eigenvalue weighted by Crippen LogP contribution is -2.22. The van der Waals surface area contributed by atoms with Crippen LogP contribution in [0.2, 0.25) is 0 Å². The van der Waals surface area contributed by atoms with Crippen LogP contribution in [0.4, 0.5) is 11.4 Å². The predicted octanol–water partition coefficient (Wildman–Crippen LogP) is 4.70. The fourth-order valence-electron chi connectivity index (χ4n) is 3.30. The van der Waals surface area contributed by atoms with Crippen molar-refractivity contribution in [3.8, 4) is 0 Å². The van der Waals surface area contributed by atoms with E-state index in [-0.39, 0.29) is 10.6 Å². The molecule has 1 heterocycles. The van der Waals surface area contributed by atoms with Crippen molar-refractivity contribution in [3.63, 3.8) is 0 Å². The Morgan fingerprint density at radius 3 is 2.75 bits per heavy atom. The number of hydrogen-bond donors (Lipinski definition) is 1. The molecule has 5 heteroatoms. The Morgan fingerprint density at radius 1 is 1.38 bits per heavy atom. The summed E-state index contributed by atoms with van der Waals surface area (Å²) in [6, 6.07) is 5.14. The first-order valence-corrected chi connectivity index (χ1v) is 9.06. The van der Waals surface area contributed by atoms with E-state index < -0.39 is 0 Å². The quantitative estimate of drug-likeness (QED) is 0.405. The Balaban J connectivity index is 2.04. The monoisotopic (exact) mass is 331 g/mol. The normalized spacial score (nSPS) is 15.7. The van der Waals surface area contributed by atoms with Gasteiger partial charge in [0.05, 0.1) is 4.92 Å². The molecule has 24 heavy (non-hydrogen) atoms. The van der Waals surface area contributed by atoms with Crippen molar-refractivity contribution in [3.05, 3.63) is 40.0 Å². The second-order valence-corrected chi connectivity index (χ2v) is 6.38. The summed E-state index contributed by atoms with van der Waals surface area (Å²) >= 11 is 0. The van der Waals surface area contributed by atoms with Crippen molar-refractivity contribution in [2.24, 2.45) is 0 Å². The third-order valence-electron chi connectivity index (χ3n) is 4.59. The van der Waals surface area contributed by atoms with Crippen LogP contribution in [0.15, 0.2) is 24.3 Å². The number of allylic oxidation sites excluding steroid dienone is 2. The van der Waals surface area contributed by atoms with Crippen molar-refractivity contribution < 1.29 is 4.92 Å². The number of hydrogen-bond acceptors (Lipinski definition) is 4. The highest BCUT2D eigenvalue weighted by atomic mass is 16.6. The molecular formula is C19H29N3O2. The molecule has 0 spiro atoms. The Morgan fingerprint density at radius 2 is 2.12 bits per heavy atom. The van der Waals surface area contributed by atoms with Gasteiger partial charge in [0.15, 0.2) is 0 Å². The van der Waals surface area contributed by atoms with Crippen LogP contribution in [-0.2, 0) is 0 Å². The van der Waals surface area contributed by atoms with Crippen molar-refractivity contribution in [1.82, 2.24) is 4.90 Å². The van der Waals surface area contributed by atoms with Crippen molar-refractivity contribution in [2.75, 3.05) is 31.5 Å². The van der Waals surface area contributed by atoms with Gasteiger partial charge in [-0.1, -0.05) is 19.4 Å². The van der Waals surface area contributed by atoms with Gasteiger partial charge in [-0.3, -0.25) is 10.1 Å². The van der Waals surface area contributed by atoms with Gasteiger partial charge in [-0.15, -0.1) is 0 Å². The SMILES string of the molecule is C/C=C(\CCC)c1cc([N+](=O)[O-])ccc1NCCCN1CCCC1. The molecule has 1 saturated heterocycles. The van der Waals surface area contributed by atoms with Gasteiger partial charge in [0.25, 0.3) is 5.69 Å². The Hall–Kier alpha value is -1.88. The first kappa shape index (κ1) is 18.5. The fraction of sp³-hybridized carbons (Fsp3) is 0.579. The van der Waals surface area contributed by atoms with Crippen molar-refractivity contribution >= 4 is 16.9 Å². The summed E-state index contributed by atoms with van der Waals surface area (Å²) in [6.45, 7) is 8.60. The molecule has 5 nitrogen and oxygen atoms in total. The first-order valence-electron chi connectivity index (χ1n) is 9.06. The second-order valence-electron chi connectivity index (χ2n) is 6.38. The molecule has 0 atom stereocenters. The Bertz CT molecular complexity index is 578. The lowest BCUT2D eigenvalue weighted by Gasteiger charge is -2.17. The summed E-state index contributed by atoms with van der Waals surface area (Å²) in [5.41, 5.74) is 3.30. The molecule has 1 aliphatic heterocycles. The predicted molar refractivity (Wildman–Crippen MR) is 100 cm³/mol. The minimum absolute atomic E-state index is 0.156. The highest BCUT2D eigenvalue weighted by molar-refractivity contribution is 5.78. The zero-order valence-corrected chi connectivity index (χ0v) is 14.9. The maximum absolute atomic E-state index is 11.1. The van der Waals surface area contributed by atoms with Crippen LogP contribution in [0.5, 0.6) is 0 Å². The van der Waals surface area contributed by atoms with Crippen LogP contribution < -0.4 is 5.32 Å². The number of nitrogens with zero attached hydrogens (tertiary/aromatic N) is 2. The number of benzene rings is 1. The largest absolute Gasteiger partial charge is 0.384 e.